The van der Waals surface area contributed by atoms with Crippen LogP contribution in [0.5, 0.6) is 0 Å². The number of nitrogens with zero attached hydrogens (tertiary/aromatic N) is 3. The summed E-state index contributed by atoms with van der Waals surface area (Å²) in [5, 5.41) is 0. The van der Waals surface area contributed by atoms with E-state index in [1.54, 1.807) is 18.2 Å². The van der Waals surface area contributed by atoms with Crippen molar-refractivity contribution in [2.24, 2.45) is 0 Å². The lowest BCUT2D eigenvalue weighted by Crippen LogP contribution is -2.37. The van der Waals surface area contributed by atoms with Crippen LogP contribution in [0.25, 0.3) is 11.5 Å². The molecule has 1 spiro atoms. The van der Waals surface area contributed by atoms with Crippen LogP contribution in [0, 0.1) is 0 Å². The van der Waals surface area contributed by atoms with Crippen LogP contribution in [0.15, 0.2) is 41.0 Å². The molecule has 1 atom stereocenters. The number of hydrogen-bond donors (Lipinski definition) is 0. The molecule has 0 radical (unpaired) electrons. The van der Waals surface area contributed by atoms with Crippen molar-refractivity contribution in [2.75, 3.05) is 26.7 Å². The Bertz CT molecular complexity index is 715. The number of oxazole rings is 1. The van der Waals surface area contributed by atoms with Crippen LogP contribution >= 0.6 is 0 Å². The van der Waals surface area contributed by atoms with Crippen molar-refractivity contribution in [2.45, 2.75) is 18.6 Å². The summed E-state index contributed by atoms with van der Waals surface area (Å²) in [5.41, 5.74) is 1.53. The predicted molar refractivity (Wildman–Crippen MR) is 83.7 cm³/mol. The number of likely N-dealkylation sites (N-methyl/N-ethyl adjacent to an activating group) is 1. The first-order valence-corrected chi connectivity index (χ1v) is 7.80. The minimum Gasteiger partial charge on any atom is -0.444 e. The molecule has 2 fully saturated rings. The topological polar surface area (TPSA) is 58.8 Å². The molecule has 0 saturated carbocycles. The Balaban J connectivity index is 1.42. The van der Waals surface area contributed by atoms with E-state index in [1.807, 2.05) is 30.3 Å². The van der Waals surface area contributed by atoms with Gasteiger partial charge in [0.2, 0.25) is 5.89 Å². The Kier molecular flexibility index (Phi) is 3.34. The lowest BCUT2D eigenvalue weighted by Gasteiger charge is -2.21. The van der Waals surface area contributed by atoms with Gasteiger partial charge in [-0.1, -0.05) is 18.2 Å². The van der Waals surface area contributed by atoms with Crippen molar-refractivity contribution in [3.8, 4) is 11.5 Å². The highest BCUT2D eigenvalue weighted by molar-refractivity contribution is 5.70. The van der Waals surface area contributed by atoms with Crippen molar-refractivity contribution >= 4 is 6.09 Å². The van der Waals surface area contributed by atoms with Gasteiger partial charge in [0, 0.05) is 38.7 Å². The monoisotopic (exact) mass is 313 g/mol. The van der Waals surface area contributed by atoms with Crippen molar-refractivity contribution in [1.29, 1.82) is 0 Å². The van der Waals surface area contributed by atoms with E-state index in [1.165, 1.54) is 0 Å². The molecule has 2 aliphatic heterocycles. The molecule has 4 rings (SSSR count). The first-order valence-electron chi connectivity index (χ1n) is 7.80. The zero-order chi connectivity index (χ0) is 15.9. The van der Waals surface area contributed by atoms with E-state index in [0.717, 1.165) is 30.8 Å². The first kappa shape index (κ1) is 14.3. The fraction of sp³-hybridized carbons (Fsp3) is 0.412. The summed E-state index contributed by atoms with van der Waals surface area (Å²) >= 11 is 0. The Hall–Kier alpha value is -2.34. The van der Waals surface area contributed by atoms with Crippen LogP contribution in [-0.2, 0) is 11.3 Å². The van der Waals surface area contributed by atoms with Gasteiger partial charge in [-0.2, -0.15) is 0 Å². The molecule has 120 valence electrons. The quantitative estimate of drug-likeness (QED) is 0.870. The molecule has 1 amide bonds. The van der Waals surface area contributed by atoms with E-state index in [-0.39, 0.29) is 11.7 Å². The molecule has 6 heteroatoms. The Morgan fingerprint density at radius 3 is 2.83 bits per heavy atom. The molecule has 0 aliphatic carbocycles. The maximum absolute atomic E-state index is 11.6. The van der Waals surface area contributed by atoms with Crippen molar-refractivity contribution in [1.82, 2.24) is 14.8 Å². The average Bonchev–Trinajstić information content (AvgIpc) is 3.22. The number of likely N-dealkylation sites (tertiary alicyclic amines) is 1. The SMILES string of the molecule is CN1C[C@@]2(CCN(Cc3coc(-c4ccccc4)n3)C2)OC1=O. The van der Waals surface area contributed by atoms with E-state index < -0.39 is 0 Å². The van der Waals surface area contributed by atoms with Crippen LogP contribution in [0.2, 0.25) is 0 Å². The average molecular weight is 313 g/mol. The number of carbonyl (C=O) groups is 1. The second-order valence-corrected chi connectivity index (χ2v) is 6.38. The molecule has 2 saturated heterocycles. The molecular formula is C17H19N3O3. The van der Waals surface area contributed by atoms with Gasteiger partial charge in [0.15, 0.2) is 0 Å². The van der Waals surface area contributed by atoms with Crippen LogP contribution in [-0.4, -0.2) is 53.2 Å². The number of aromatic nitrogens is 1. The lowest BCUT2D eigenvalue weighted by molar-refractivity contribution is 0.0626. The smallest absolute Gasteiger partial charge is 0.410 e. The van der Waals surface area contributed by atoms with Gasteiger partial charge in [-0.05, 0) is 12.1 Å². The Morgan fingerprint density at radius 2 is 2.09 bits per heavy atom. The highest BCUT2D eigenvalue weighted by Crippen LogP contribution is 2.32. The number of ether oxygens (including phenoxy) is 1. The molecule has 0 bridgehead atoms. The van der Waals surface area contributed by atoms with Crippen LogP contribution in [0.3, 0.4) is 0 Å². The van der Waals surface area contributed by atoms with Gasteiger partial charge in [-0.15, -0.1) is 0 Å². The maximum atomic E-state index is 11.6. The Labute approximate surface area is 134 Å². The molecule has 1 aromatic heterocycles. The normalized spacial score (nSPS) is 24.6. The number of hydrogen-bond acceptors (Lipinski definition) is 5. The van der Waals surface area contributed by atoms with Gasteiger partial charge >= 0.3 is 6.09 Å². The molecule has 6 nitrogen and oxygen atoms in total. The molecular weight excluding hydrogens is 294 g/mol. The van der Waals surface area contributed by atoms with Crippen LogP contribution < -0.4 is 0 Å². The van der Waals surface area contributed by atoms with Crippen molar-refractivity contribution in [3.05, 3.63) is 42.3 Å². The van der Waals surface area contributed by atoms with Gasteiger partial charge < -0.3 is 14.1 Å². The molecule has 3 heterocycles. The van der Waals surface area contributed by atoms with E-state index >= 15 is 0 Å². The standard InChI is InChI=1S/C17H19N3O3/c1-19-11-17(23-16(19)21)7-8-20(12-17)9-14-10-22-15(18-14)13-5-3-2-4-6-13/h2-6,10H,7-9,11-12H2,1H3/t17-/m1/s1. The van der Waals surface area contributed by atoms with Gasteiger partial charge in [-0.3, -0.25) is 4.90 Å². The second-order valence-electron chi connectivity index (χ2n) is 6.38. The highest BCUT2D eigenvalue weighted by Gasteiger charge is 2.48. The third kappa shape index (κ3) is 2.70. The van der Waals surface area contributed by atoms with Crippen molar-refractivity contribution < 1.29 is 13.9 Å². The summed E-state index contributed by atoms with van der Waals surface area (Å²) in [5.74, 6) is 0.640. The van der Waals surface area contributed by atoms with E-state index in [9.17, 15) is 4.79 Å². The zero-order valence-electron chi connectivity index (χ0n) is 13.1. The summed E-state index contributed by atoms with van der Waals surface area (Å²) in [6.07, 6.45) is 2.35. The first-order chi connectivity index (χ1) is 11.1. The largest absolute Gasteiger partial charge is 0.444 e. The fourth-order valence-electron chi connectivity index (χ4n) is 3.39. The van der Waals surface area contributed by atoms with Crippen LogP contribution in [0.1, 0.15) is 12.1 Å². The molecule has 2 aromatic rings. The molecule has 2 aliphatic rings. The Morgan fingerprint density at radius 1 is 1.26 bits per heavy atom. The molecule has 0 N–H and O–H groups in total. The summed E-state index contributed by atoms with van der Waals surface area (Å²) in [7, 11) is 1.78. The molecule has 0 unspecified atom stereocenters. The third-order valence-corrected chi connectivity index (χ3v) is 4.49. The number of rotatable bonds is 3. The van der Waals surface area contributed by atoms with E-state index in [4.69, 9.17) is 9.15 Å². The van der Waals surface area contributed by atoms with Crippen molar-refractivity contribution in [3.63, 3.8) is 0 Å². The van der Waals surface area contributed by atoms with E-state index in [2.05, 4.69) is 9.88 Å². The summed E-state index contributed by atoms with van der Waals surface area (Å²) < 4.78 is 11.1. The van der Waals surface area contributed by atoms with E-state index in [0.29, 0.717) is 19.0 Å². The summed E-state index contributed by atoms with van der Waals surface area (Å²) in [6, 6.07) is 9.86. The van der Waals surface area contributed by atoms with Gasteiger partial charge in [0.25, 0.3) is 0 Å². The summed E-state index contributed by atoms with van der Waals surface area (Å²) in [4.78, 5) is 20.1. The predicted octanol–water partition coefficient (Wildman–Crippen LogP) is 2.37. The van der Waals surface area contributed by atoms with Crippen LogP contribution in [0.4, 0.5) is 4.79 Å². The summed E-state index contributed by atoms with van der Waals surface area (Å²) in [6.45, 7) is 3.01. The minimum atomic E-state index is -0.349. The highest BCUT2D eigenvalue weighted by atomic mass is 16.6. The maximum Gasteiger partial charge on any atom is 0.410 e. The van der Waals surface area contributed by atoms with Gasteiger partial charge in [-0.25, -0.2) is 9.78 Å². The second kappa shape index (κ2) is 5.38. The number of carbonyl (C=O) groups excluding carboxylic acids is 1. The minimum absolute atomic E-state index is 0.223. The molecule has 1 aromatic carbocycles. The fourth-order valence-corrected chi connectivity index (χ4v) is 3.39. The van der Waals surface area contributed by atoms with Gasteiger partial charge in [0.1, 0.15) is 11.9 Å². The molecule has 23 heavy (non-hydrogen) atoms. The van der Waals surface area contributed by atoms with Gasteiger partial charge in [0.05, 0.1) is 12.2 Å². The third-order valence-electron chi connectivity index (χ3n) is 4.49. The number of amides is 1. The number of benzene rings is 1. The zero-order valence-corrected chi connectivity index (χ0v) is 13.1. The lowest BCUT2D eigenvalue weighted by atomic mass is 10.0.